The van der Waals surface area contributed by atoms with Gasteiger partial charge >= 0.3 is 6.98 Å². The van der Waals surface area contributed by atoms with E-state index in [0.717, 1.165) is 5.95 Å². The van der Waals surface area contributed by atoms with E-state index in [1.807, 2.05) is 4.68 Å². The van der Waals surface area contributed by atoms with Crippen LogP contribution in [0.3, 0.4) is 0 Å². The first kappa shape index (κ1) is 13.9. The van der Waals surface area contributed by atoms with Crippen LogP contribution in [0.15, 0.2) is 0 Å². The molecule has 20 heavy (non-hydrogen) atoms. The van der Waals surface area contributed by atoms with Crippen LogP contribution in [0.1, 0.15) is 27.7 Å². The third-order valence-electron chi connectivity index (χ3n) is 4.96. The molecule has 0 spiro atoms. The second-order valence-corrected chi connectivity index (χ2v) is 6.80. The molecule has 1 saturated heterocycles. The molecule has 0 radical (unpaired) electrons. The third-order valence-corrected chi connectivity index (χ3v) is 4.96. The Hall–Kier alpha value is -1.08. The molecule has 0 aromatic carbocycles. The number of rotatable bonds is 1. The molecule has 0 bridgehead atoms. The molecule has 0 aliphatic carbocycles. The highest BCUT2D eigenvalue weighted by molar-refractivity contribution is 6.74. The summed E-state index contributed by atoms with van der Waals surface area (Å²) in [6.07, 6.45) is 0.250. The molecule has 7 nitrogen and oxygen atoms in total. The van der Waals surface area contributed by atoms with Crippen molar-refractivity contribution in [3.63, 3.8) is 0 Å². The normalized spacial score (nSPS) is 26.4. The van der Waals surface area contributed by atoms with E-state index < -0.39 is 0 Å². The standard InChI is InChI=1S/C11H23B2N7/c1-8(2)20-12(5)17(7)9-11(3,4)19-10(14-15-16-19)18(9)13(20)6/h8-9H,1-7H3. The first-order chi connectivity index (χ1) is 9.28. The lowest BCUT2D eigenvalue weighted by Crippen LogP contribution is -2.76. The summed E-state index contributed by atoms with van der Waals surface area (Å²) in [5.74, 6) is 0.872. The number of aromatic nitrogens is 4. The van der Waals surface area contributed by atoms with Gasteiger partial charge in [0.05, 0.1) is 11.7 Å². The van der Waals surface area contributed by atoms with Crippen molar-refractivity contribution >= 4 is 19.9 Å². The summed E-state index contributed by atoms with van der Waals surface area (Å²) in [5, 5.41) is 12.3. The van der Waals surface area contributed by atoms with Gasteiger partial charge in [0.1, 0.15) is 0 Å². The first-order valence-corrected chi connectivity index (χ1v) is 7.35. The number of tetrazole rings is 1. The molecule has 0 saturated carbocycles. The summed E-state index contributed by atoms with van der Waals surface area (Å²) in [7, 11) is 2.19. The Morgan fingerprint density at radius 2 is 1.85 bits per heavy atom. The SMILES string of the molecule is CB1N(C)C2N(B(C)N1C(C)C)c1nnnn1C2(C)C. The average Bonchev–Trinajstić information content (AvgIpc) is 2.88. The molecule has 108 valence electrons. The van der Waals surface area contributed by atoms with Crippen molar-refractivity contribution in [1.29, 1.82) is 0 Å². The Balaban J connectivity index is 2.10. The monoisotopic (exact) mass is 275 g/mol. The summed E-state index contributed by atoms with van der Waals surface area (Å²) in [5.41, 5.74) is -0.140. The van der Waals surface area contributed by atoms with Gasteiger partial charge in [-0.2, -0.15) is 0 Å². The van der Waals surface area contributed by atoms with Gasteiger partial charge < -0.3 is 14.3 Å². The maximum Gasteiger partial charge on any atom is 0.333 e. The second kappa shape index (κ2) is 4.21. The van der Waals surface area contributed by atoms with E-state index in [2.05, 4.69) is 78.3 Å². The van der Waals surface area contributed by atoms with Gasteiger partial charge in [0, 0.05) is 0 Å². The molecule has 0 N–H and O–H groups in total. The Bertz CT molecular complexity index is 517. The summed E-state index contributed by atoms with van der Waals surface area (Å²) < 4.78 is 4.46. The predicted molar refractivity (Wildman–Crippen MR) is 81.4 cm³/mol. The van der Waals surface area contributed by atoms with Crippen LogP contribution in [0.4, 0.5) is 5.95 Å². The van der Waals surface area contributed by atoms with Gasteiger partial charge in [-0.1, -0.05) is 32.6 Å². The van der Waals surface area contributed by atoms with Crippen molar-refractivity contribution in [3.05, 3.63) is 0 Å². The summed E-state index contributed by atoms with van der Waals surface area (Å²) in [6.45, 7) is 14.1. The zero-order valence-corrected chi connectivity index (χ0v) is 13.4. The molecule has 1 unspecified atom stereocenters. The number of likely N-dealkylation sites (N-methyl/N-ethyl adjacent to an activating group) is 1. The topological polar surface area (TPSA) is 53.3 Å². The number of hydrogen-bond donors (Lipinski definition) is 0. The lowest BCUT2D eigenvalue weighted by molar-refractivity contribution is 0.184. The molecule has 1 aromatic heterocycles. The van der Waals surface area contributed by atoms with E-state index in [0.29, 0.717) is 13.0 Å². The molecule has 0 amide bonds. The van der Waals surface area contributed by atoms with E-state index >= 15 is 0 Å². The van der Waals surface area contributed by atoms with Crippen molar-refractivity contribution < 1.29 is 0 Å². The molecular formula is C11H23B2N7. The molecule has 3 rings (SSSR count). The van der Waals surface area contributed by atoms with Gasteiger partial charge in [-0.3, -0.25) is 0 Å². The van der Waals surface area contributed by atoms with Crippen LogP contribution >= 0.6 is 0 Å². The fourth-order valence-electron chi connectivity index (χ4n) is 4.07. The van der Waals surface area contributed by atoms with Crippen LogP contribution in [0.5, 0.6) is 0 Å². The van der Waals surface area contributed by atoms with Crippen LogP contribution in [0.2, 0.25) is 13.6 Å². The van der Waals surface area contributed by atoms with Crippen LogP contribution in [-0.2, 0) is 5.54 Å². The molecule has 2 aliphatic rings. The van der Waals surface area contributed by atoms with Gasteiger partial charge in [-0.05, 0) is 37.4 Å². The lowest BCUT2D eigenvalue weighted by Gasteiger charge is -2.54. The van der Waals surface area contributed by atoms with E-state index in [4.69, 9.17) is 0 Å². The maximum absolute atomic E-state index is 4.25. The van der Waals surface area contributed by atoms with Gasteiger partial charge in [-0.25, -0.2) is 4.68 Å². The molecule has 2 aliphatic heterocycles. The lowest BCUT2D eigenvalue weighted by atomic mass is 9.55. The molecule has 1 fully saturated rings. The van der Waals surface area contributed by atoms with Crippen molar-refractivity contribution in [2.75, 3.05) is 11.9 Å². The molecule has 9 heteroatoms. The number of nitrogens with zero attached hydrogens (tertiary/aromatic N) is 7. The first-order valence-electron chi connectivity index (χ1n) is 7.35. The van der Waals surface area contributed by atoms with Gasteiger partial charge in [0.2, 0.25) is 5.95 Å². The highest BCUT2D eigenvalue weighted by Gasteiger charge is 2.58. The smallest absolute Gasteiger partial charge is 0.333 e. The zero-order chi connectivity index (χ0) is 14.8. The molecule has 3 heterocycles. The van der Waals surface area contributed by atoms with Crippen molar-refractivity contribution in [3.8, 4) is 0 Å². The summed E-state index contributed by atoms with van der Waals surface area (Å²) in [6, 6.07) is 0.469. The Kier molecular flexibility index (Phi) is 2.92. The number of fused-ring (bicyclic) bond motifs is 3. The van der Waals surface area contributed by atoms with Gasteiger partial charge in [-0.15, -0.1) is 0 Å². The fraction of sp³-hybridized carbons (Fsp3) is 0.909. The predicted octanol–water partition coefficient (Wildman–Crippen LogP) is 0.446. The van der Waals surface area contributed by atoms with Crippen molar-refractivity contribution in [2.24, 2.45) is 0 Å². The summed E-state index contributed by atoms with van der Waals surface area (Å²) in [4.78, 5) is 4.76. The number of hydrogen-bond acceptors (Lipinski definition) is 6. The highest BCUT2D eigenvalue weighted by atomic mass is 15.7. The van der Waals surface area contributed by atoms with E-state index in [-0.39, 0.29) is 18.7 Å². The van der Waals surface area contributed by atoms with Gasteiger partial charge in [0.25, 0.3) is 6.98 Å². The fourth-order valence-corrected chi connectivity index (χ4v) is 4.07. The Labute approximate surface area is 121 Å². The minimum Gasteiger partial charge on any atom is -0.353 e. The minimum absolute atomic E-state index is 0.140. The van der Waals surface area contributed by atoms with E-state index in [1.165, 1.54) is 0 Å². The highest BCUT2D eigenvalue weighted by Crippen LogP contribution is 2.41. The second-order valence-electron chi connectivity index (χ2n) is 6.80. The Morgan fingerprint density at radius 1 is 1.20 bits per heavy atom. The molecular weight excluding hydrogens is 252 g/mol. The quantitative estimate of drug-likeness (QED) is 0.693. The van der Waals surface area contributed by atoms with Crippen LogP contribution in [0, 0.1) is 0 Å². The van der Waals surface area contributed by atoms with Gasteiger partial charge in [0.15, 0.2) is 0 Å². The summed E-state index contributed by atoms with van der Waals surface area (Å²) >= 11 is 0. The zero-order valence-electron chi connectivity index (χ0n) is 13.4. The van der Waals surface area contributed by atoms with Crippen LogP contribution in [0.25, 0.3) is 0 Å². The number of anilines is 1. The maximum atomic E-state index is 4.25. The van der Waals surface area contributed by atoms with Crippen molar-refractivity contribution in [2.45, 2.75) is 59.1 Å². The molecule has 1 aromatic rings. The largest absolute Gasteiger partial charge is 0.353 e. The Morgan fingerprint density at radius 3 is 2.45 bits per heavy atom. The van der Waals surface area contributed by atoms with E-state index in [9.17, 15) is 0 Å². The van der Waals surface area contributed by atoms with Crippen LogP contribution < -0.4 is 4.81 Å². The average molecular weight is 275 g/mol. The molecule has 1 atom stereocenters. The van der Waals surface area contributed by atoms with Crippen molar-refractivity contribution in [1.82, 2.24) is 29.7 Å². The third kappa shape index (κ3) is 1.53. The van der Waals surface area contributed by atoms with Crippen LogP contribution in [-0.4, -0.2) is 63.0 Å². The minimum atomic E-state index is -0.140. The van der Waals surface area contributed by atoms with E-state index in [1.54, 1.807) is 0 Å².